The molecule has 1 aromatic heterocycles. The minimum absolute atomic E-state index is 0.0670. The molecule has 6 nitrogen and oxygen atoms in total. The van der Waals surface area contributed by atoms with Gasteiger partial charge in [-0.15, -0.1) is 5.10 Å². The Balaban J connectivity index is 2.28. The highest BCUT2D eigenvalue weighted by molar-refractivity contribution is 5.46. The molecular weight excluding hydrogens is 254 g/mol. The van der Waals surface area contributed by atoms with E-state index in [0.717, 1.165) is 23.8 Å². The van der Waals surface area contributed by atoms with Crippen LogP contribution in [0.25, 0.3) is 5.69 Å². The van der Waals surface area contributed by atoms with Crippen LogP contribution in [0.3, 0.4) is 0 Å². The van der Waals surface area contributed by atoms with Crippen LogP contribution in [0.4, 0.5) is 0 Å². The van der Waals surface area contributed by atoms with E-state index < -0.39 is 0 Å². The van der Waals surface area contributed by atoms with Crippen molar-refractivity contribution in [2.24, 2.45) is 5.92 Å². The molecule has 0 amide bonds. The maximum atomic E-state index is 5.37. The number of nitrogens with one attached hydrogen (secondary N) is 1. The molecule has 0 aliphatic rings. The van der Waals surface area contributed by atoms with E-state index in [1.54, 1.807) is 11.8 Å². The van der Waals surface area contributed by atoms with Crippen LogP contribution >= 0.6 is 0 Å². The molecule has 0 fully saturated rings. The maximum Gasteiger partial charge on any atom is 0.173 e. The molecule has 0 saturated heterocycles. The average Bonchev–Trinajstić information content (AvgIpc) is 2.93. The molecule has 1 heterocycles. The largest absolute Gasteiger partial charge is 0.494 e. The molecule has 0 spiro atoms. The molecule has 1 N–H and O–H groups in total. The van der Waals surface area contributed by atoms with Crippen molar-refractivity contribution in [2.75, 3.05) is 13.7 Å². The highest BCUT2D eigenvalue weighted by Crippen LogP contribution is 2.23. The van der Waals surface area contributed by atoms with Gasteiger partial charge >= 0.3 is 0 Å². The second kappa shape index (κ2) is 6.47. The third-order valence-electron chi connectivity index (χ3n) is 3.03. The van der Waals surface area contributed by atoms with Crippen molar-refractivity contribution in [1.82, 2.24) is 25.5 Å². The van der Waals surface area contributed by atoms with E-state index in [-0.39, 0.29) is 6.04 Å². The topological polar surface area (TPSA) is 64.9 Å². The molecule has 2 rings (SSSR count). The minimum atomic E-state index is 0.0670. The van der Waals surface area contributed by atoms with Gasteiger partial charge < -0.3 is 10.1 Å². The Hall–Kier alpha value is -1.95. The maximum absolute atomic E-state index is 5.37. The smallest absolute Gasteiger partial charge is 0.173 e. The molecule has 0 saturated carbocycles. The first-order chi connectivity index (χ1) is 9.63. The first-order valence-corrected chi connectivity index (χ1v) is 6.78. The molecule has 0 aliphatic carbocycles. The fraction of sp³-hybridized carbons (Fsp3) is 0.500. The summed E-state index contributed by atoms with van der Waals surface area (Å²) >= 11 is 0. The lowest BCUT2D eigenvalue weighted by atomic mass is 10.2. The summed E-state index contributed by atoms with van der Waals surface area (Å²) < 4.78 is 7.08. The molecule has 1 aromatic carbocycles. The van der Waals surface area contributed by atoms with Crippen molar-refractivity contribution in [3.05, 3.63) is 30.1 Å². The Labute approximate surface area is 119 Å². The van der Waals surface area contributed by atoms with Gasteiger partial charge in [0.15, 0.2) is 5.82 Å². The highest BCUT2D eigenvalue weighted by Gasteiger charge is 2.17. The molecule has 1 atom stereocenters. The van der Waals surface area contributed by atoms with Gasteiger partial charge in [-0.25, -0.2) is 0 Å². The summed E-state index contributed by atoms with van der Waals surface area (Å²) in [5, 5.41) is 15.4. The van der Waals surface area contributed by atoms with Gasteiger partial charge in [-0.05, 0) is 41.9 Å². The number of rotatable bonds is 6. The second-order valence-corrected chi connectivity index (χ2v) is 5.14. The first-order valence-electron chi connectivity index (χ1n) is 6.78. The van der Waals surface area contributed by atoms with Crippen LogP contribution in [0, 0.1) is 5.92 Å². The zero-order valence-electron chi connectivity index (χ0n) is 12.4. The van der Waals surface area contributed by atoms with Crippen molar-refractivity contribution in [1.29, 1.82) is 0 Å². The predicted molar refractivity (Wildman–Crippen MR) is 77.0 cm³/mol. The van der Waals surface area contributed by atoms with Crippen LogP contribution in [0.2, 0.25) is 0 Å². The van der Waals surface area contributed by atoms with Crippen LogP contribution < -0.4 is 10.1 Å². The molecule has 0 aliphatic heterocycles. The molecule has 1 unspecified atom stereocenters. The Morgan fingerprint density at radius 3 is 2.70 bits per heavy atom. The van der Waals surface area contributed by atoms with E-state index in [1.165, 1.54) is 0 Å². The summed E-state index contributed by atoms with van der Waals surface area (Å²) in [7, 11) is 1.64. The van der Waals surface area contributed by atoms with Gasteiger partial charge in [-0.1, -0.05) is 26.0 Å². The normalized spacial score (nSPS) is 12.7. The number of benzene rings is 1. The molecule has 6 heteroatoms. The lowest BCUT2D eigenvalue weighted by Gasteiger charge is -2.16. The highest BCUT2D eigenvalue weighted by atomic mass is 16.5. The quantitative estimate of drug-likeness (QED) is 0.873. The second-order valence-electron chi connectivity index (χ2n) is 5.14. The van der Waals surface area contributed by atoms with Crippen LogP contribution in [0.15, 0.2) is 24.3 Å². The lowest BCUT2D eigenvalue weighted by Crippen LogP contribution is -2.25. The van der Waals surface area contributed by atoms with Crippen LogP contribution in [0.5, 0.6) is 5.75 Å². The van der Waals surface area contributed by atoms with Crippen molar-refractivity contribution in [3.8, 4) is 11.4 Å². The third-order valence-corrected chi connectivity index (χ3v) is 3.03. The van der Waals surface area contributed by atoms with Crippen molar-refractivity contribution in [2.45, 2.75) is 26.8 Å². The van der Waals surface area contributed by atoms with E-state index in [9.17, 15) is 0 Å². The van der Waals surface area contributed by atoms with Crippen molar-refractivity contribution in [3.63, 3.8) is 0 Å². The monoisotopic (exact) mass is 275 g/mol. The summed E-state index contributed by atoms with van der Waals surface area (Å²) in [6.45, 7) is 7.31. The standard InChI is InChI=1S/C14H21N5O/c1-10(2)9-15-11(3)14-16-17-18-19(14)12-7-5-6-8-13(12)20-4/h5-8,10-11,15H,9H2,1-4H3. The molecule has 108 valence electrons. The Morgan fingerprint density at radius 1 is 1.25 bits per heavy atom. The summed E-state index contributed by atoms with van der Waals surface area (Å²) in [5.74, 6) is 2.10. The van der Waals surface area contributed by atoms with Gasteiger partial charge in [0, 0.05) is 0 Å². The Morgan fingerprint density at radius 2 is 2.00 bits per heavy atom. The van der Waals surface area contributed by atoms with Crippen molar-refractivity contribution < 1.29 is 4.74 Å². The van der Waals surface area contributed by atoms with E-state index in [2.05, 4.69) is 41.6 Å². The summed E-state index contributed by atoms with van der Waals surface area (Å²) in [5.41, 5.74) is 0.841. The van der Waals surface area contributed by atoms with Crippen LogP contribution in [0.1, 0.15) is 32.6 Å². The number of hydrogen-bond donors (Lipinski definition) is 1. The first kappa shape index (κ1) is 14.5. The number of ether oxygens (including phenoxy) is 1. The van der Waals surface area contributed by atoms with Gasteiger partial charge in [0.05, 0.1) is 13.2 Å². The Bertz CT molecular complexity index is 552. The summed E-state index contributed by atoms with van der Waals surface area (Å²) in [6, 6.07) is 7.76. The lowest BCUT2D eigenvalue weighted by molar-refractivity contribution is 0.409. The number of hydrogen-bond acceptors (Lipinski definition) is 5. The molecular formula is C14H21N5O. The number of nitrogens with zero attached hydrogens (tertiary/aromatic N) is 4. The van der Waals surface area contributed by atoms with E-state index in [1.807, 2.05) is 24.3 Å². The number of methoxy groups -OCH3 is 1. The minimum Gasteiger partial charge on any atom is -0.494 e. The fourth-order valence-electron chi connectivity index (χ4n) is 1.94. The van der Waals surface area contributed by atoms with E-state index >= 15 is 0 Å². The molecule has 2 aromatic rings. The van der Waals surface area contributed by atoms with Gasteiger partial charge in [0.2, 0.25) is 0 Å². The average molecular weight is 275 g/mol. The third kappa shape index (κ3) is 3.14. The Kier molecular flexibility index (Phi) is 4.68. The molecule has 20 heavy (non-hydrogen) atoms. The number of tetrazole rings is 1. The zero-order valence-corrected chi connectivity index (χ0v) is 12.4. The summed E-state index contributed by atoms with van der Waals surface area (Å²) in [4.78, 5) is 0. The number of aromatic nitrogens is 4. The number of para-hydroxylation sites is 2. The van der Waals surface area contributed by atoms with Gasteiger partial charge in [-0.2, -0.15) is 4.68 Å². The van der Waals surface area contributed by atoms with Gasteiger partial charge in [-0.3, -0.25) is 0 Å². The predicted octanol–water partition coefficient (Wildman–Crippen LogP) is 1.98. The molecule has 0 bridgehead atoms. The summed E-state index contributed by atoms with van der Waals surface area (Å²) in [6.07, 6.45) is 0. The zero-order chi connectivity index (χ0) is 14.5. The van der Waals surface area contributed by atoms with Gasteiger partial charge in [0.1, 0.15) is 11.4 Å². The van der Waals surface area contributed by atoms with Crippen LogP contribution in [-0.4, -0.2) is 33.9 Å². The van der Waals surface area contributed by atoms with Crippen LogP contribution in [-0.2, 0) is 0 Å². The van der Waals surface area contributed by atoms with Gasteiger partial charge in [0.25, 0.3) is 0 Å². The fourth-order valence-corrected chi connectivity index (χ4v) is 1.94. The molecule has 0 radical (unpaired) electrons. The van der Waals surface area contributed by atoms with E-state index in [4.69, 9.17) is 4.74 Å². The SMILES string of the molecule is COc1ccccc1-n1nnnc1C(C)NCC(C)C. The van der Waals surface area contributed by atoms with Crippen molar-refractivity contribution >= 4 is 0 Å². The van der Waals surface area contributed by atoms with E-state index in [0.29, 0.717) is 5.92 Å².